The lowest BCUT2D eigenvalue weighted by Crippen LogP contribution is -2.22. The first kappa shape index (κ1) is 14.0. The normalized spacial score (nSPS) is 22.4. The Bertz CT molecular complexity index is 470. The van der Waals surface area contributed by atoms with Gasteiger partial charge in [0.25, 0.3) is 0 Å². The van der Waals surface area contributed by atoms with Gasteiger partial charge in [-0.3, -0.25) is 0 Å². The molecule has 0 bridgehead atoms. The van der Waals surface area contributed by atoms with Crippen LogP contribution in [0.3, 0.4) is 0 Å². The van der Waals surface area contributed by atoms with E-state index in [1.165, 1.54) is 19.3 Å². The van der Waals surface area contributed by atoms with Crippen LogP contribution in [-0.4, -0.2) is 6.54 Å². The molecule has 0 radical (unpaired) electrons. The van der Waals surface area contributed by atoms with Gasteiger partial charge in [-0.2, -0.15) is 5.26 Å². The van der Waals surface area contributed by atoms with Crippen molar-refractivity contribution in [1.82, 2.24) is 5.32 Å². The molecule has 1 fully saturated rings. The fourth-order valence-corrected chi connectivity index (χ4v) is 2.75. The third-order valence-electron chi connectivity index (χ3n) is 3.81. The smallest absolute Gasteiger partial charge is 0.131 e. The molecule has 0 amide bonds. The van der Waals surface area contributed by atoms with Crippen LogP contribution in [0.1, 0.15) is 37.3 Å². The van der Waals surface area contributed by atoms with E-state index >= 15 is 0 Å². The third-order valence-corrected chi connectivity index (χ3v) is 3.81. The number of halogens is 2. The summed E-state index contributed by atoms with van der Waals surface area (Å²) in [6, 6.07) is 3.90. The van der Waals surface area contributed by atoms with E-state index in [0.29, 0.717) is 5.92 Å². The van der Waals surface area contributed by atoms with Crippen LogP contribution in [0.25, 0.3) is 0 Å². The molecule has 102 valence electrons. The van der Waals surface area contributed by atoms with Crippen LogP contribution in [0.2, 0.25) is 0 Å². The summed E-state index contributed by atoms with van der Waals surface area (Å²) in [7, 11) is 0. The lowest BCUT2D eigenvalue weighted by Gasteiger charge is -2.12. The van der Waals surface area contributed by atoms with E-state index in [1.807, 2.05) is 0 Å². The molecule has 4 heteroatoms. The number of benzene rings is 1. The number of nitriles is 1. The van der Waals surface area contributed by atoms with Gasteiger partial charge in [0.15, 0.2) is 0 Å². The number of hydrogen-bond acceptors (Lipinski definition) is 2. The second-order valence-electron chi connectivity index (χ2n) is 5.45. The van der Waals surface area contributed by atoms with Crippen LogP contribution in [0.5, 0.6) is 0 Å². The van der Waals surface area contributed by atoms with E-state index in [1.54, 1.807) is 6.07 Å². The number of nitrogens with zero attached hydrogens (tertiary/aromatic N) is 1. The van der Waals surface area contributed by atoms with Gasteiger partial charge in [0.1, 0.15) is 11.6 Å². The van der Waals surface area contributed by atoms with Crippen LogP contribution in [0.15, 0.2) is 12.1 Å². The predicted molar refractivity (Wildman–Crippen MR) is 69.3 cm³/mol. The Labute approximate surface area is 112 Å². The molecule has 0 heterocycles. The molecule has 0 spiro atoms. The molecule has 0 aliphatic heterocycles. The molecular formula is C15H18F2N2. The van der Waals surface area contributed by atoms with Crippen molar-refractivity contribution in [3.63, 3.8) is 0 Å². The van der Waals surface area contributed by atoms with Crippen molar-refractivity contribution in [1.29, 1.82) is 5.26 Å². The molecular weight excluding hydrogens is 246 g/mol. The zero-order valence-corrected chi connectivity index (χ0v) is 11.0. The summed E-state index contributed by atoms with van der Waals surface area (Å²) in [6.45, 7) is 3.21. The highest BCUT2D eigenvalue weighted by molar-refractivity contribution is 5.34. The van der Waals surface area contributed by atoms with Crippen molar-refractivity contribution < 1.29 is 8.78 Å². The van der Waals surface area contributed by atoms with Crippen molar-refractivity contribution in [3.8, 4) is 6.07 Å². The van der Waals surface area contributed by atoms with Crippen molar-refractivity contribution in [2.45, 2.75) is 32.7 Å². The first-order valence-corrected chi connectivity index (χ1v) is 6.69. The van der Waals surface area contributed by atoms with Crippen molar-refractivity contribution in [2.24, 2.45) is 11.8 Å². The Kier molecular flexibility index (Phi) is 4.49. The molecule has 19 heavy (non-hydrogen) atoms. The lowest BCUT2D eigenvalue weighted by atomic mass is 10.1. The Morgan fingerprint density at radius 1 is 1.32 bits per heavy atom. The van der Waals surface area contributed by atoms with Gasteiger partial charge < -0.3 is 5.32 Å². The number of rotatable bonds is 4. The number of hydrogen-bond donors (Lipinski definition) is 1. The zero-order valence-electron chi connectivity index (χ0n) is 11.0. The van der Waals surface area contributed by atoms with Crippen LogP contribution < -0.4 is 5.32 Å². The van der Waals surface area contributed by atoms with E-state index in [9.17, 15) is 8.78 Å². The Hall–Kier alpha value is -1.47. The molecule has 1 aromatic rings. The highest BCUT2D eigenvalue weighted by atomic mass is 19.1. The molecule has 0 saturated heterocycles. The minimum Gasteiger partial charge on any atom is -0.312 e. The van der Waals surface area contributed by atoms with E-state index in [0.717, 1.165) is 24.6 Å². The third kappa shape index (κ3) is 3.51. The van der Waals surface area contributed by atoms with Gasteiger partial charge in [-0.25, -0.2) is 8.78 Å². The second-order valence-corrected chi connectivity index (χ2v) is 5.45. The summed E-state index contributed by atoms with van der Waals surface area (Å²) in [4.78, 5) is 0. The zero-order chi connectivity index (χ0) is 13.8. The fraction of sp³-hybridized carbons (Fsp3) is 0.533. The van der Waals surface area contributed by atoms with Crippen molar-refractivity contribution >= 4 is 0 Å². The molecule has 1 saturated carbocycles. The van der Waals surface area contributed by atoms with E-state index in [4.69, 9.17) is 5.26 Å². The maximum absolute atomic E-state index is 13.6. The summed E-state index contributed by atoms with van der Waals surface area (Å²) < 4.78 is 27.3. The quantitative estimate of drug-likeness (QED) is 0.905. The van der Waals surface area contributed by atoms with Crippen LogP contribution in [-0.2, 0) is 6.54 Å². The van der Waals surface area contributed by atoms with Crippen LogP contribution >= 0.6 is 0 Å². The van der Waals surface area contributed by atoms with E-state index < -0.39 is 11.6 Å². The molecule has 1 N–H and O–H groups in total. The Balaban J connectivity index is 1.91. The van der Waals surface area contributed by atoms with Gasteiger partial charge in [-0.05, 0) is 43.4 Å². The monoisotopic (exact) mass is 264 g/mol. The summed E-state index contributed by atoms with van der Waals surface area (Å²) in [5, 5.41) is 11.7. The first-order valence-electron chi connectivity index (χ1n) is 6.69. The minimum absolute atomic E-state index is 0.0170. The molecule has 2 unspecified atom stereocenters. The van der Waals surface area contributed by atoms with E-state index in [2.05, 4.69) is 12.2 Å². The van der Waals surface area contributed by atoms with Gasteiger partial charge in [-0.15, -0.1) is 0 Å². The summed E-state index contributed by atoms with van der Waals surface area (Å²) in [5.74, 6) is 0.0716. The van der Waals surface area contributed by atoms with Crippen LogP contribution in [0, 0.1) is 34.8 Å². The standard InChI is InChI=1S/C15H18F2N2/c1-10-2-3-11(4-10)8-19-9-13-14(16)5-12(7-18)6-15(13)17/h5-6,10-11,19H,2-4,8-9H2,1H3. The molecule has 1 aliphatic carbocycles. The Morgan fingerprint density at radius 3 is 2.53 bits per heavy atom. The van der Waals surface area contributed by atoms with Gasteiger partial charge in [0.05, 0.1) is 11.6 Å². The summed E-state index contributed by atoms with van der Waals surface area (Å²) in [6.07, 6.45) is 3.61. The molecule has 1 aromatic carbocycles. The molecule has 2 nitrogen and oxygen atoms in total. The SMILES string of the molecule is CC1CCC(CNCc2c(F)cc(C#N)cc2F)C1. The lowest BCUT2D eigenvalue weighted by molar-refractivity contribution is 0.458. The average Bonchev–Trinajstić information content (AvgIpc) is 2.78. The molecule has 2 atom stereocenters. The molecule has 1 aliphatic rings. The second kappa shape index (κ2) is 6.12. The van der Waals surface area contributed by atoms with Crippen molar-refractivity contribution in [3.05, 3.63) is 34.9 Å². The summed E-state index contributed by atoms with van der Waals surface area (Å²) >= 11 is 0. The largest absolute Gasteiger partial charge is 0.312 e. The predicted octanol–water partition coefficient (Wildman–Crippen LogP) is 3.36. The Morgan fingerprint density at radius 2 is 2.00 bits per heavy atom. The van der Waals surface area contributed by atoms with Gasteiger partial charge >= 0.3 is 0 Å². The number of nitrogens with one attached hydrogen (secondary N) is 1. The van der Waals surface area contributed by atoms with E-state index in [-0.39, 0.29) is 17.7 Å². The molecule has 0 aromatic heterocycles. The minimum atomic E-state index is -0.649. The van der Waals surface area contributed by atoms with Crippen LogP contribution in [0.4, 0.5) is 8.78 Å². The van der Waals surface area contributed by atoms with Gasteiger partial charge in [0.2, 0.25) is 0 Å². The van der Waals surface area contributed by atoms with Crippen molar-refractivity contribution in [2.75, 3.05) is 6.54 Å². The first-order chi connectivity index (χ1) is 9.10. The summed E-state index contributed by atoms with van der Waals surface area (Å²) in [5.41, 5.74) is 0.0356. The molecule has 2 rings (SSSR count). The fourth-order valence-electron chi connectivity index (χ4n) is 2.75. The van der Waals surface area contributed by atoms with Gasteiger partial charge in [-0.1, -0.05) is 13.3 Å². The van der Waals surface area contributed by atoms with Gasteiger partial charge in [0, 0.05) is 12.1 Å². The average molecular weight is 264 g/mol. The topological polar surface area (TPSA) is 35.8 Å². The maximum atomic E-state index is 13.6. The highest BCUT2D eigenvalue weighted by Crippen LogP contribution is 2.29. The highest BCUT2D eigenvalue weighted by Gasteiger charge is 2.21. The maximum Gasteiger partial charge on any atom is 0.131 e.